The first-order valence-corrected chi connectivity index (χ1v) is 5.82. The monoisotopic (exact) mass is 297 g/mol. The van der Waals surface area contributed by atoms with Crippen molar-refractivity contribution in [1.82, 2.24) is 14.8 Å². The summed E-state index contributed by atoms with van der Waals surface area (Å²) in [4.78, 5) is 25.2. The maximum Gasteiger partial charge on any atom is 0.399 e. The molecular weight excluding hydrogens is 287 g/mol. The summed E-state index contributed by atoms with van der Waals surface area (Å²) < 4.78 is 38.6. The summed E-state index contributed by atoms with van der Waals surface area (Å²) in [5.74, 6) is -3.76. The zero-order valence-electron chi connectivity index (χ0n) is 9.61. The molecule has 1 aromatic rings. The molecule has 0 saturated heterocycles. The highest BCUT2D eigenvalue weighted by atomic mass is 32.2. The van der Waals surface area contributed by atoms with E-state index in [0.717, 1.165) is 4.68 Å². The number of hydrogen-bond acceptors (Lipinski definition) is 5. The fourth-order valence-electron chi connectivity index (χ4n) is 1.11. The SMILES string of the molecule is Cn1[nH]c(=O)c(=O)nc1SCC(C(=N)N)C(F)(F)F. The Balaban J connectivity index is 2.93. The Morgan fingerprint density at radius 3 is 2.63 bits per heavy atom. The molecule has 0 bridgehead atoms. The van der Waals surface area contributed by atoms with Crippen molar-refractivity contribution in [1.29, 1.82) is 5.41 Å². The van der Waals surface area contributed by atoms with E-state index < -0.39 is 34.8 Å². The quantitative estimate of drug-likeness (QED) is 0.304. The number of aromatic amines is 1. The van der Waals surface area contributed by atoms with E-state index in [0.29, 0.717) is 11.8 Å². The topological polar surface area (TPSA) is 118 Å². The number of H-pyrrole nitrogens is 1. The van der Waals surface area contributed by atoms with Gasteiger partial charge < -0.3 is 5.73 Å². The van der Waals surface area contributed by atoms with E-state index in [1.165, 1.54) is 7.05 Å². The van der Waals surface area contributed by atoms with Crippen LogP contribution in [0.3, 0.4) is 0 Å². The zero-order valence-corrected chi connectivity index (χ0v) is 10.4. The molecule has 11 heteroatoms. The number of rotatable bonds is 4. The van der Waals surface area contributed by atoms with Crippen molar-refractivity contribution in [3.05, 3.63) is 20.7 Å². The zero-order chi connectivity index (χ0) is 14.8. The minimum Gasteiger partial charge on any atom is -0.387 e. The standard InChI is InChI=1S/C8H10F3N5O2S/c1-16-7(14-5(17)6(18)15-16)19-2-3(4(12)13)8(9,10)11/h3H,2H2,1H3,(H3,12,13)(H,15,18). The minimum absolute atomic E-state index is 0.0971. The summed E-state index contributed by atoms with van der Waals surface area (Å²) >= 11 is 0.574. The van der Waals surface area contributed by atoms with Crippen LogP contribution in [0, 0.1) is 11.3 Å². The second-order valence-corrected chi connectivity index (χ2v) is 4.55. The summed E-state index contributed by atoms with van der Waals surface area (Å²) in [5, 5.41) is 8.90. The first-order valence-electron chi connectivity index (χ1n) is 4.83. The van der Waals surface area contributed by atoms with Gasteiger partial charge in [0.25, 0.3) is 0 Å². The van der Waals surface area contributed by atoms with Gasteiger partial charge in [-0.05, 0) is 0 Å². The smallest absolute Gasteiger partial charge is 0.387 e. The number of hydrogen-bond donors (Lipinski definition) is 3. The second-order valence-electron chi connectivity index (χ2n) is 3.56. The molecule has 106 valence electrons. The summed E-state index contributed by atoms with van der Waals surface area (Å²) in [5.41, 5.74) is 2.82. The van der Waals surface area contributed by atoms with Crippen LogP contribution in [0.2, 0.25) is 0 Å². The molecule has 0 saturated carbocycles. The number of aromatic nitrogens is 3. The number of aryl methyl sites for hydroxylation is 1. The summed E-state index contributed by atoms with van der Waals surface area (Å²) in [7, 11) is 1.33. The van der Waals surface area contributed by atoms with Gasteiger partial charge in [0.15, 0.2) is 5.16 Å². The molecule has 1 rings (SSSR count). The van der Waals surface area contributed by atoms with Crippen molar-refractivity contribution >= 4 is 17.6 Å². The first kappa shape index (κ1) is 15.3. The molecule has 0 fully saturated rings. The lowest BCUT2D eigenvalue weighted by atomic mass is 10.1. The maximum absolute atomic E-state index is 12.5. The van der Waals surface area contributed by atoms with Gasteiger partial charge in [-0.1, -0.05) is 11.8 Å². The lowest BCUT2D eigenvalue weighted by Crippen LogP contribution is -2.37. The minimum atomic E-state index is -4.65. The van der Waals surface area contributed by atoms with Crippen molar-refractivity contribution in [2.45, 2.75) is 11.3 Å². The Kier molecular flexibility index (Phi) is 4.39. The van der Waals surface area contributed by atoms with Crippen molar-refractivity contribution < 1.29 is 13.2 Å². The molecule has 0 aliphatic carbocycles. The van der Waals surface area contributed by atoms with Gasteiger partial charge >= 0.3 is 17.3 Å². The van der Waals surface area contributed by atoms with E-state index in [-0.39, 0.29) is 5.16 Å². The van der Waals surface area contributed by atoms with Gasteiger partial charge in [-0.2, -0.15) is 18.2 Å². The number of alkyl halides is 3. The first-order chi connectivity index (χ1) is 8.62. The number of thioether (sulfide) groups is 1. The third-order valence-corrected chi connectivity index (χ3v) is 3.22. The molecule has 0 spiro atoms. The predicted octanol–water partition coefficient (Wildman–Crippen LogP) is -0.325. The van der Waals surface area contributed by atoms with Gasteiger partial charge in [0.1, 0.15) is 11.8 Å². The van der Waals surface area contributed by atoms with Crippen molar-refractivity contribution in [2.75, 3.05) is 5.75 Å². The van der Waals surface area contributed by atoms with Crippen LogP contribution in [0.4, 0.5) is 13.2 Å². The van der Waals surface area contributed by atoms with Gasteiger partial charge in [-0.3, -0.25) is 24.8 Å². The fourth-order valence-corrected chi connectivity index (χ4v) is 2.18. The molecule has 1 unspecified atom stereocenters. The molecule has 0 amide bonds. The molecule has 0 aliphatic rings. The van der Waals surface area contributed by atoms with E-state index >= 15 is 0 Å². The van der Waals surface area contributed by atoms with Crippen LogP contribution in [0.1, 0.15) is 0 Å². The number of nitrogens with zero attached hydrogens (tertiary/aromatic N) is 2. The Labute approximate surface area is 108 Å². The lowest BCUT2D eigenvalue weighted by molar-refractivity contribution is -0.150. The van der Waals surface area contributed by atoms with Gasteiger partial charge in [0.05, 0.1) is 0 Å². The Morgan fingerprint density at radius 1 is 1.58 bits per heavy atom. The van der Waals surface area contributed by atoms with Crippen molar-refractivity contribution in [3.63, 3.8) is 0 Å². The molecule has 0 radical (unpaired) electrons. The van der Waals surface area contributed by atoms with Gasteiger partial charge in [-0.15, -0.1) is 0 Å². The van der Waals surface area contributed by atoms with Crippen LogP contribution >= 0.6 is 11.8 Å². The summed E-state index contributed by atoms with van der Waals surface area (Å²) in [6.07, 6.45) is -4.65. The Morgan fingerprint density at radius 2 is 2.16 bits per heavy atom. The second kappa shape index (κ2) is 5.47. The van der Waals surface area contributed by atoms with E-state index in [9.17, 15) is 22.8 Å². The number of halogens is 3. The van der Waals surface area contributed by atoms with Crippen LogP contribution in [0.15, 0.2) is 14.7 Å². The highest BCUT2D eigenvalue weighted by Crippen LogP contribution is 2.30. The van der Waals surface area contributed by atoms with Crippen molar-refractivity contribution in [3.8, 4) is 0 Å². The maximum atomic E-state index is 12.5. The molecule has 1 aromatic heterocycles. The van der Waals surface area contributed by atoms with Gasteiger partial charge in [-0.25, -0.2) is 0 Å². The normalized spacial score (nSPS) is 13.3. The van der Waals surface area contributed by atoms with E-state index in [2.05, 4.69) is 10.1 Å². The number of amidine groups is 1. The van der Waals surface area contributed by atoms with E-state index in [1.54, 1.807) is 0 Å². The molecule has 0 aromatic carbocycles. The van der Waals surface area contributed by atoms with E-state index in [4.69, 9.17) is 11.1 Å². The average molecular weight is 297 g/mol. The molecule has 4 N–H and O–H groups in total. The Bertz CT molecular complexity index is 593. The highest BCUT2D eigenvalue weighted by Gasteiger charge is 2.42. The molecular formula is C8H10F3N5O2S. The molecule has 7 nitrogen and oxygen atoms in total. The largest absolute Gasteiger partial charge is 0.399 e. The van der Waals surface area contributed by atoms with Crippen LogP contribution in [0.5, 0.6) is 0 Å². The lowest BCUT2D eigenvalue weighted by Gasteiger charge is -2.18. The van der Waals surface area contributed by atoms with Crippen LogP contribution < -0.4 is 16.9 Å². The van der Waals surface area contributed by atoms with Crippen LogP contribution in [-0.2, 0) is 7.05 Å². The van der Waals surface area contributed by atoms with E-state index in [1.807, 2.05) is 0 Å². The predicted molar refractivity (Wildman–Crippen MR) is 62.3 cm³/mol. The molecule has 0 aliphatic heterocycles. The molecule has 1 heterocycles. The van der Waals surface area contributed by atoms with Crippen LogP contribution in [0.25, 0.3) is 0 Å². The molecule has 19 heavy (non-hydrogen) atoms. The summed E-state index contributed by atoms with van der Waals surface area (Å²) in [6.45, 7) is 0. The third-order valence-electron chi connectivity index (χ3n) is 2.10. The molecule has 1 atom stereocenters. The average Bonchev–Trinajstić information content (AvgIpc) is 2.23. The van der Waals surface area contributed by atoms with Crippen LogP contribution in [-0.4, -0.2) is 32.5 Å². The third kappa shape index (κ3) is 3.84. The fraction of sp³-hybridized carbons (Fsp3) is 0.500. The Hall–Kier alpha value is -1.78. The number of nitrogens with one attached hydrogen (secondary N) is 2. The number of nitrogens with two attached hydrogens (primary N) is 1. The van der Waals surface area contributed by atoms with Gasteiger partial charge in [0, 0.05) is 12.8 Å². The van der Waals surface area contributed by atoms with Gasteiger partial charge in [0.2, 0.25) is 0 Å². The summed E-state index contributed by atoms with van der Waals surface area (Å²) in [6, 6.07) is 0. The van der Waals surface area contributed by atoms with Crippen molar-refractivity contribution in [2.24, 2.45) is 18.7 Å². The highest BCUT2D eigenvalue weighted by molar-refractivity contribution is 7.99.